The highest BCUT2D eigenvalue weighted by Crippen LogP contribution is 2.25. The lowest BCUT2D eigenvalue weighted by molar-refractivity contribution is 0.378. The minimum Gasteiger partial charge on any atom is -0.339 e. The van der Waals surface area contributed by atoms with E-state index in [0.717, 1.165) is 5.69 Å². The van der Waals surface area contributed by atoms with Crippen LogP contribution in [0.1, 0.15) is 36.6 Å². The molecule has 1 unspecified atom stereocenters. The second kappa shape index (κ2) is 6.56. The van der Waals surface area contributed by atoms with Crippen molar-refractivity contribution >= 4 is 9.84 Å². The van der Waals surface area contributed by atoms with Gasteiger partial charge in [-0.15, -0.1) is 0 Å². The summed E-state index contributed by atoms with van der Waals surface area (Å²) in [4.78, 5) is 8.32. The molecule has 0 spiro atoms. The molecular formula is C16H18N4O3S. The van der Waals surface area contributed by atoms with E-state index in [1.54, 1.807) is 23.9 Å². The maximum Gasteiger partial charge on any atom is 0.226 e. The van der Waals surface area contributed by atoms with E-state index >= 15 is 0 Å². The van der Waals surface area contributed by atoms with E-state index in [0.29, 0.717) is 18.1 Å². The van der Waals surface area contributed by atoms with Gasteiger partial charge in [-0.1, -0.05) is 30.3 Å². The van der Waals surface area contributed by atoms with Crippen molar-refractivity contribution in [1.82, 2.24) is 19.7 Å². The molecular weight excluding hydrogens is 328 g/mol. The fourth-order valence-corrected chi connectivity index (χ4v) is 3.60. The number of aromatic nitrogens is 4. The van der Waals surface area contributed by atoms with Crippen LogP contribution in [0.25, 0.3) is 5.69 Å². The van der Waals surface area contributed by atoms with Crippen LogP contribution in [-0.2, 0) is 22.0 Å². The van der Waals surface area contributed by atoms with Crippen LogP contribution < -0.4 is 0 Å². The Kier molecular flexibility index (Phi) is 4.48. The molecule has 0 aliphatic rings. The van der Waals surface area contributed by atoms with Crippen LogP contribution in [0, 0.1) is 0 Å². The van der Waals surface area contributed by atoms with Crippen molar-refractivity contribution in [1.29, 1.82) is 0 Å². The van der Waals surface area contributed by atoms with Gasteiger partial charge in [0.2, 0.25) is 5.89 Å². The SMILES string of the molecule is CCc1nc(CS(=O)(=O)C(C)c2nccn2-c2ccccc2)no1. The first-order valence-corrected chi connectivity index (χ1v) is 9.34. The summed E-state index contributed by atoms with van der Waals surface area (Å²) in [6.07, 6.45) is 3.92. The average Bonchev–Trinajstić information content (AvgIpc) is 3.23. The monoisotopic (exact) mass is 346 g/mol. The first-order valence-electron chi connectivity index (χ1n) is 7.63. The number of benzene rings is 1. The van der Waals surface area contributed by atoms with E-state index in [4.69, 9.17) is 4.52 Å². The molecule has 7 nitrogen and oxygen atoms in total. The number of para-hydroxylation sites is 1. The molecule has 3 rings (SSSR count). The predicted octanol–water partition coefficient (Wildman–Crippen LogP) is 2.49. The van der Waals surface area contributed by atoms with Crippen molar-refractivity contribution in [2.45, 2.75) is 31.3 Å². The van der Waals surface area contributed by atoms with Gasteiger partial charge >= 0.3 is 0 Å². The van der Waals surface area contributed by atoms with E-state index in [1.165, 1.54) is 0 Å². The Morgan fingerprint density at radius 3 is 2.67 bits per heavy atom. The van der Waals surface area contributed by atoms with Crippen LogP contribution in [0.4, 0.5) is 0 Å². The highest BCUT2D eigenvalue weighted by molar-refractivity contribution is 7.90. The number of nitrogens with zero attached hydrogens (tertiary/aromatic N) is 4. The number of hydrogen-bond acceptors (Lipinski definition) is 6. The Balaban J connectivity index is 1.88. The number of sulfone groups is 1. The summed E-state index contributed by atoms with van der Waals surface area (Å²) in [6.45, 7) is 3.49. The summed E-state index contributed by atoms with van der Waals surface area (Å²) in [5.74, 6) is 0.787. The van der Waals surface area contributed by atoms with Gasteiger partial charge in [0.05, 0.1) is 0 Å². The molecule has 0 radical (unpaired) electrons. The predicted molar refractivity (Wildman–Crippen MR) is 88.3 cm³/mol. The number of imidazole rings is 1. The number of rotatable bonds is 6. The molecule has 3 aromatic rings. The van der Waals surface area contributed by atoms with Crippen molar-refractivity contribution in [3.05, 3.63) is 60.3 Å². The second-order valence-corrected chi connectivity index (χ2v) is 7.72. The van der Waals surface area contributed by atoms with Gasteiger partial charge in [-0.25, -0.2) is 13.4 Å². The van der Waals surface area contributed by atoms with Crippen molar-refractivity contribution < 1.29 is 12.9 Å². The Labute approximate surface area is 140 Å². The first-order chi connectivity index (χ1) is 11.5. The van der Waals surface area contributed by atoms with Crippen LogP contribution >= 0.6 is 0 Å². The average molecular weight is 346 g/mol. The zero-order valence-electron chi connectivity index (χ0n) is 13.5. The van der Waals surface area contributed by atoms with Crippen molar-refractivity contribution in [2.24, 2.45) is 0 Å². The highest BCUT2D eigenvalue weighted by Gasteiger charge is 2.29. The van der Waals surface area contributed by atoms with E-state index in [9.17, 15) is 8.42 Å². The van der Waals surface area contributed by atoms with Gasteiger partial charge in [0.1, 0.15) is 16.8 Å². The quantitative estimate of drug-likeness (QED) is 0.681. The van der Waals surface area contributed by atoms with Crippen molar-refractivity contribution in [3.63, 3.8) is 0 Å². The normalized spacial score (nSPS) is 13.1. The van der Waals surface area contributed by atoms with Crippen molar-refractivity contribution in [2.75, 3.05) is 0 Å². The third kappa shape index (κ3) is 3.23. The highest BCUT2D eigenvalue weighted by atomic mass is 32.2. The standard InChI is InChI=1S/C16H18N4O3S/c1-3-15-18-14(19-23-15)11-24(21,22)12(2)16-17-9-10-20(16)13-7-5-4-6-8-13/h4-10,12H,3,11H2,1-2H3. The lowest BCUT2D eigenvalue weighted by Gasteiger charge is -2.14. The maximum absolute atomic E-state index is 12.7. The van der Waals surface area contributed by atoms with Gasteiger partial charge < -0.3 is 9.09 Å². The molecule has 0 fully saturated rings. The third-order valence-electron chi connectivity index (χ3n) is 3.75. The van der Waals surface area contributed by atoms with E-state index in [1.807, 2.05) is 37.3 Å². The molecule has 0 N–H and O–H groups in total. The summed E-state index contributed by atoms with van der Waals surface area (Å²) in [6, 6.07) is 9.49. The Hall–Kier alpha value is -2.48. The molecule has 0 amide bonds. The van der Waals surface area contributed by atoms with Gasteiger partial charge in [0.25, 0.3) is 0 Å². The second-order valence-electron chi connectivity index (χ2n) is 5.40. The van der Waals surface area contributed by atoms with Crippen LogP contribution in [0.2, 0.25) is 0 Å². The summed E-state index contributed by atoms with van der Waals surface area (Å²) in [5.41, 5.74) is 0.861. The molecule has 126 valence electrons. The molecule has 1 aromatic carbocycles. The van der Waals surface area contributed by atoms with Gasteiger partial charge in [-0.3, -0.25) is 0 Å². The third-order valence-corrected chi connectivity index (χ3v) is 5.70. The Morgan fingerprint density at radius 2 is 2.00 bits per heavy atom. The lowest BCUT2D eigenvalue weighted by Crippen LogP contribution is -2.17. The Morgan fingerprint density at radius 1 is 1.25 bits per heavy atom. The van der Waals surface area contributed by atoms with Gasteiger partial charge in [0.15, 0.2) is 15.7 Å². The smallest absolute Gasteiger partial charge is 0.226 e. The number of aryl methyl sites for hydroxylation is 1. The van der Waals surface area contributed by atoms with Gasteiger partial charge in [0, 0.05) is 24.5 Å². The molecule has 8 heteroatoms. The zero-order valence-corrected chi connectivity index (χ0v) is 14.3. The Bertz CT molecular complexity index is 916. The molecule has 0 saturated heterocycles. The van der Waals surface area contributed by atoms with Gasteiger partial charge in [-0.05, 0) is 19.1 Å². The molecule has 0 aliphatic carbocycles. The number of hydrogen-bond donors (Lipinski definition) is 0. The minimum absolute atomic E-state index is 0.177. The topological polar surface area (TPSA) is 90.9 Å². The van der Waals surface area contributed by atoms with E-state index in [-0.39, 0.29) is 11.6 Å². The summed E-state index contributed by atoms with van der Waals surface area (Å²) in [7, 11) is -3.53. The first kappa shape index (κ1) is 16.4. The summed E-state index contributed by atoms with van der Waals surface area (Å²) >= 11 is 0. The summed E-state index contributed by atoms with van der Waals surface area (Å²) < 4.78 is 32.2. The van der Waals surface area contributed by atoms with Crippen LogP contribution in [0.15, 0.2) is 47.2 Å². The summed E-state index contributed by atoms with van der Waals surface area (Å²) in [5, 5.41) is 2.93. The molecule has 2 aromatic heterocycles. The fraction of sp³-hybridized carbons (Fsp3) is 0.312. The molecule has 0 bridgehead atoms. The molecule has 1 atom stereocenters. The van der Waals surface area contributed by atoms with Crippen LogP contribution in [0.5, 0.6) is 0 Å². The molecule has 2 heterocycles. The van der Waals surface area contributed by atoms with Crippen molar-refractivity contribution in [3.8, 4) is 5.69 Å². The molecule has 0 saturated carbocycles. The lowest BCUT2D eigenvalue weighted by atomic mass is 10.3. The molecule has 24 heavy (non-hydrogen) atoms. The van der Waals surface area contributed by atoms with E-state index in [2.05, 4.69) is 15.1 Å². The van der Waals surface area contributed by atoms with Gasteiger partial charge in [-0.2, -0.15) is 4.98 Å². The van der Waals surface area contributed by atoms with Crippen LogP contribution in [0.3, 0.4) is 0 Å². The molecule has 0 aliphatic heterocycles. The maximum atomic E-state index is 12.7. The van der Waals surface area contributed by atoms with E-state index < -0.39 is 15.1 Å². The fourth-order valence-electron chi connectivity index (χ4n) is 2.38. The zero-order chi connectivity index (χ0) is 17.2. The largest absolute Gasteiger partial charge is 0.339 e. The van der Waals surface area contributed by atoms with Crippen LogP contribution in [-0.4, -0.2) is 28.1 Å². The minimum atomic E-state index is -3.53.